The second-order valence-electron chi connectivity index (χ2n) is 5.70. The van der Waals surface area contributed by atoms with Gasteiger partial charge in [0.25, 0.3) is 0 Å². The Morgan fingerprint density at radius 1 is 1.12 bits per heavy atom. The number of anilines is 1. The molecule has 2 aromatic heterocycles. The average molecular weight is 349 g/mol. The molecule has 4 rings (SSSR count). The maximum Gasteiger partial charge on any atom is 0.168 e. The first-order valence-electron chi connectivity index (χ1n) is 8.06. The monoisotopic (exact) mass is 349 g/mol. The average Bonchev–Trinajstić information content (AvgIpc) is 3.11. The number of rotatable bonds is 5. The van der Waals surface area contributed by atoms with Gasteiger partial charge in [-0.15, -0.1) is 0 Å². The molecule has 0 saturated carbocycles. The van der Waals surface area contributed by atoms with Crippen LogP contribution in [-0.4, -0.2) is 26.9 Å². The third kappa shape index (κ3) is 3.06. The van der Waals surface area contributed by atoms with Crippen molar-refractivity contribution in [2.75, 3.05) is 12.4 Å². The molecule has 0 saturated heterocycles. The van der Waals surface area contributed by atoms with E-state index < -0.39 is 0 Å². The molecule has 130 valence electrons. The maximum absolute atomic E-state index is 13.5. The summed E-state index contributed by atoms with van der Waals surface area (Å²) in [5.41, 5.74) is 2.32. The molecule has 2 aromatic carbocycles. The Kier molecular flexibility index (Phi) is 4.18. The van der Waals surface area contributed by atoms with Crippen LogP contribution in [0.5, 0.6) is 5.75 Å². The van der Waals surface area contributed by atoms with Crippen molar-refractivity contribution >= 4 is 16.9 Å². The molecule has 0 aliphatic carbocycles. The van der Waals surface area contributed by atoms with Crippen molar-refractivity contribution in [2.24, 2.45) is 0 Å². The van der Waals surface area contributed by atoms with Crippen LogP contribution in [0.4, 0.5) is 10.2 Å². The quantitative estimate of drug-likeness (QED) is 0.597. The van der Waals surface area contributed by atoms with Crippen molar-refractivity contribution in [1.82, 2.24) is 19.7 Å². The van der Waals surface area contributed by atoms with Crippen molar-refractivity contribution < 1.29 is 9.13 Å². The Morgan fingerprint density at radius 2 is 1.96 bits per heavy atom. The molecule has 0 bridgehead atoms. The number of ether oxygens (including phenoxy) is 1. The Morgan fingerprint density at radius 3 is 2.73 bits per heavy atom. The molecule has 0 aliphatic rings. The van der Waals surface area contributed by atoms with Gasteiger partial charge in [-0.2, -0.15) is 5.10 Å². The van der Waals surface area contributed by atoms with Gasteiger partial charge in [-0.05, 0) is 35.9 Å². The minimum Gasteiger partial charge on any atom is -0.497 e. The van der Waals surface area contributed by atoms with Gasteiger partial charge in [0, 0.05) is 6.54 Å². The Balaban J connectivity index is 1.62. The Hall–Kier alpha value is -3.48. The zero-order valence-corrected chi connectivity index (χ0v) is 14.1. The summed E-state index contributed by atoms with van der Waals surface area (Å²) < 4.78 is 20.3. The summed E-state index contributed by atoms with van der Waals surface area (Å²) in [7, 11) is 1.64. The molecule has 0 aliphatic heterocycles. The van der Waals surface area contributed by atoms with Crippen LogP contribution in [-0.2, 0) is 6.54 Å². The fourth-order valence-corrected chi connectivity index (χ4v) is 2.71. The number of hydrogen-bond donors (Lipinski definition) is 1. The molecule has 0 atom stereocenters. The molecular formula is C19H16FN5O. The zero-order valence-electron chi connectivity index (χ0n) is 14.1. The fraction of sp³-hybridized carbons (Fsp3) is 0.105. The van der Waals surface area contributed by atoms with Crippen LogP contribution in [0.2, 0.25) is 0 Å². The number of methoxy groups -OCH3 is 1. The van der Waals surface area contributed by atoms with E-state index in [4.69, 9.17) is 4.74 Å². The summed E-state index contributed by atoms with van der Waals surface area (Å²) in [6, 6.07) is 14.0. The van der Waals surface area contributed by atoms with Crippen molar-refractivity contribution in [2.45, 2.75) is 6.54 Å². The first kappa shape index (κ1) is 16.0. The molecule has 7 heteroatoms. The standard InChI is InChI=1S/C19H16FN5O/c1-26-16-7-5-13(6-8-16)10-21-18-17-11-24-25(19(17)23-12-22-18)15-4-2-3-14(20)9-15/h2-9,11-12H,10H2,1H3,(H,21,22,23). The van der Waals surface area contributed by atoms with Gasteiger partial charge >= 0.3 is 0 Å². The highest BCUT2D eigenvalue weighted by Crippen LogP contribution is 2.22. The second kappa shape index (κ2) is 6.79. The van der Waals surface area contributed by atoms with E-state index in [1.54, 1.807) is 30.1 Å². The van der Waals surface area contributed by atoms with Gasteiger partial charge < -0.3 is 10.1 Å². The summed E-state index contributed by atoms with van der Waals surface area (Å²) in [6.45, 7) is 0.598. The molecule has 1 N–H and O–H groups in total. The summed E-state index contributed by atoms with van der Waals surface area (Å²) in [5, 5.41) is 8.40. The topological polar surface area (TPSA) is 64.9 Å². The molecule has 4 aromatic rings. The number of nitrogens with zero attached hydrogens (tertiary/aromatic N) is 4. The van der Waals surface area contributed by atoms with Gasteiger partial charge in [-0.3, -0.25) is 0 Å². The Labute approximate surface area is 149 Å². The van der Waals surface area contributed by atoms with Crippen LogP contribution in [0.25, 0.3) is 16.7 Å². The predicted molar refractivity (Wildman–Crippen MR) is 96.9 cm³/mol. The van der Waals surface area contributed by atoms with E-state index >= 15 is 0 Å². The summed E-state index contributed by atoms with van der Waals surface area (Å²) in [5.74, 6) is 1.17. The lowest BCUT2D eigenvalue weighted by molar-refractivity contribution is 0.414. The maximum atomic E-state index is 13.5. The number of hydrogen-bond acceptors (Lipinski definition) is 5. The fourth-order valence-electron chi connectivity index (χ4n) is 2.71. The Bertz CT molecular complexity index is 1050. The molecule has 6 nitrogen and oxygen atoms in total. The molecule has 0 spiro atoms. The van der Waals surface area contributed by atoms with Crippen molar-refractivity contribution in [3.8, 4) is 11.4 Å². The summed E-state index contributed by atoms with van der Waals surface area (Å²) in [4.78, 5) is 8.60. The third-order valence-electron chi connectivity index (χ3n) is 4.04. The smallest absolute Gasteiger partial charge is 0.168 e. The van der Waals surface area contributed by atoms with E-state index in [9.17, 15) is 4.39 Å². The van der Waals surface area contributed by atoms with Gasteiger partial charge in [0.2, 0.25) is 0 Å². The zero-order chi connectivity index (χ0) is 17.9. The van der Waals surface area contributed by atoms with Crippen LogP contribution in [0.1, 0.15) is 5.56 Å². The van der Waals surface area contributed by atoms with Crippen molar-refractivity contribution in [1.29, 1.82) is 0 Å². The molecule has 0 fully saturated rings. The second-order valence-corrected chi connectivity index (χ2v) is 5.70. The first-order chi connectivity index (χ1) is 12.7. The van der Waals surface area contributed by atoms with Gasteiger partial charge in [0.1, 0.15) is 23.7 Å². The van der Waals surface area contributed by atoms with E-state index in [-0.39, 0.29) is 5.82 Å². The largest absolute Gasteiger partial charge is 0.497 e. The number of nitrogens with one attached hydrogen (secondary N) is 1. The number of halogens is 1. The van der Waals surface area contributed by atoms with E-state index in [0.717, 1.165) is 16.7 Å². The van der Waals surface area contributed by atoms with Crippen molar-refractivity contribution in [3.05, 3.63) is 72.4 Å². The van der Waals surface area contributed by atoms with Gasteiger partial charge in [0.05, 0.1) is 24.4 Å². The van der Waals surface area contributed by atoms with E-state index in [1.807, 2.05) is 24.3 Å². The highest BCUT2D eigenvalue weighted by molar-refractivity contribution is 5.87. The number of benzene rings is 2. The molecule has 0 radical (unpaired) electrons. The molecule has 0 unspecified atom stereocenters. The van der Waals surface area contributed by atoms with Gasteiger partial charge in [-0.1, -0.05) is 18.2 Å². The molecule has 26 heavy (non-hydrogen) atoms. The number of aromatic nitrogens is 4. The van der Waals surface area contributed by atoms with Gasteiger partial charge in [-0.25, -0.2) is 19.0 Å². The normalized spacial score (nSPS) is 10.8. The molecular weight excluding hydrogens is 333 g/mol. The summed E-state index contributed by atoms with van der Waals surface area (Å²) >= 11 is 0. The number of fused-ring (bicyclic) bond motifs is 1. The lowest BCUT2D eigenvalue weighted by Gasteiger charge is -2.08. The van der Waals surface area contributed by atoms with Gasteiger partial charge in [0.15, 0.2) is 5.65 Å². The molecule has 0 amide bonds. The summed E-state index contributed by atoms with van der Waals surface area (Å²) in [6.07, 6.45) is 3.15. The van der Waals surface area contributed by atoms with Crippen LogP contribution < -0.4 is 10.1 Å². The predicted octanol–water partition coefficient (Wildman–Crippen LogP) is 3.58. The lowest BCUT2D eigenvalue weighted by atomic mass is 10.2. The first-order valence-corrected chi connectivity index (χ1v) is 8.06. The molecule has 2 heterocycles. The lowest BCUT2D eigenvalue weighted by Crippen LogP contribution is -2.03. The highest BCUT2D eigenvalue weighted by atomic mass is 19.1. The van der Waals surface area contributed by atoms with Crippen LogP contribution >= 0.6 is 0 Å². The van der Waals surface area contributed by atoms with Crippen LogP contribution in [0.15, 0.2) is 61.1 Å². The minimum absolute atomic E-state index is 0.321. The SMILES string of the molecule is COc1ccc(CNc2ncnc3c2cnn3-c2cccc(F)c2)cc1. The van der Waals surface area contributed by atoms with E-state index in [1.165, 1.54) is 18.5 Å². The van der Waals surface area contributed by atoms with E-state index in [2.05, 4.69) is 20.4 Å². The highest BCUT2D eigenvalue weighted by Gasteiger charge is 2.11. The van der Waals surface area contributed by atoms with Crippen LogP contribution in [0.3, 0.4) is 0 Å². The van der Waals surface area contributed by atoms with Crippen LogP contribution in [0, 0.1) is 5.82 Å². The van der Waals surface area contributed by atoms with Crippen molar-refractivity contribution in [3.63, 3.8) is 0 Å². The minimum atomic E-state index is -0.321. The van der Waals surface area contributed by atoms with E-state index in [0.29, 0.717) is 23.7 Å². The third-order valence-corrected chi connectivity index (χ3v) is 4.04.